The van der Waals surface area contributed by atoms with Gasteiger partial charge in [-0.3, -0.25) is 9.69 Å². The summed E-state index contributed by atoms with van der Waals surface area (Å²) in [6.07, 6.45) is 1.93. The lowest BCUT2D eigenvalue weighted by Crippen LogP contribution is -2.62. The molecule has 1 amide bonds. The summed E-state index contributed by atoms with van der Waals surface area (Å²) in [5.74, 6) is 0.149. The predicted molar refractivity (Wildman–Crippen MR) is 75.7 cm³/mol. The number of carbonyl (C=O) groups excluding carboxylic acids is 1. The third kappa shape index (κ3) is 3.45. The van der Waals surface area contributed by atoms with Gasteiger partial charge in [0.25, 0.3) is 0 Å². The maximum atomic E-state index is 12.5. The molecule has 1 rings (SSSR count). The van der Waals surface area contributed by atoms with Crippen LogP contribution in [0.4, 0.5) is 0 Å². The molecule has 0 radical (unpaired) electrons. The van der Waals surface area contributed by atoms with Crippen LogP contribution in [0.3, 0.4) is 0 Å². The van der Waals surface area contributed by atoms with Gasteiger partial charge in [-0.15, -0.1) is 0 Å². The number of hydrogen-bond donors (Lipinski definition) is 2. The SMILES string of the molecule is CCC(C)(CC)NC(=O)C(C)(C)N1CCNCC1. The number of nitrogens with one attached hydrogen (secondary N) is 2. The van der Waals surface area contributed by atoms with Crippen molar-refractivity contribution < 1.29 is 4.79 Å². The lowest BCUT2D eigenvalue weighted by molar-refractivity contribution is -0.134. The maximum absolute atomic E-state index is 12.5. The second-order valence-electron chi connectivity index (χ2n) is 6.02. The summed E-state index contributed by atoms with van der Waals surface area (Å²) < 4.78 is 0. The molecule has 1 aliphatic rings. The first-order valence-corrected chi connectivity index (χ1v) is 7.14. The lowest BCUT2D eigenvalue weighted by atomic mass is 9.92. The van der Waals surface area contributed by atoms with Crippen LogP contribution in [-0.4, -0.2) is 48.1 Å². The van der Waals surface area contributed by atoms with Crippen molar-refractivity contribution in [2.45, 2.75) is 58.5 Å². The summed E-state index contributed by atoms with van der Waals surface area (Å²) in [5, 5.41) is 6.55. The average molecular weight is 255 g/mol. The van der Waals surface area contributed by atoms with Crippen molar-refractivity contribution in [3.8, 4) is 0 Å². The molecule has 106 valence electrons. The molecule has 0 aromatic heterocycles. The van der Waals surface area contributed by atoms with E-state index in [0.29, 0.717) is 0 Å². The Morgan fingerprint density at radius 1 is 1.17 bits per heavy atom. The third-order valence-corrected chi connectivity index (χ3v) is 4.44. The van der Waals surface area contributed by atoms with E-state index in [4.69, 9.17) is 0 Å². The maximum Gasteiger partial charge on any atom is 0.240 e. The number of hydrogen-bond acceptors (Lipinski definition) is 3. The molecule has 1 heterocycles. The van der Waals surface area contributed by atoms with Crippen molar-refractivity contribution in [1.82, 2.24) is 15.5 Å². The first-order chi connectivity index (χ1) is 8.35. The van der Waals surface area contributed by atoms with Gasteiger partial charge >= 0.3 is 0 Å². The Hall–Kier alpha value is -0.610. The van der Waals surface area contributed by atoms with E-state index in [1.165, 1.54) is 0 Å². The minimum Gasteiger partial charge on any atom is -0.349 e. The van der Waals surface area contributed by atoms with E-state index in [1.807, 2.05) is 13.8 Å². The van der Waals surface area contributed by atoms with E-state index in [0.717, 1.165) is 39.0 Å². The largest absolute Gasteiger partial charge is 0.349 e. The van der Waals surface area contributed by atoms with Crippen molar-refractivity contribution in [3.63, 3.8) is 0 Å². The molecule has 2 N–H and O–H groups in total. The Balaban J connectivity index is 2.68. The zero-order chi connectivity index (χ0) is 13.8. The van der Waals surface area contributed by atoms with E-state index in [1.54, 1.807) is 0 Å². The highest BCUT2D eigenvalue weighted by atomic mass is 16.2. The zero-order valence-corrected chi connectivity index (χ0v) is 12.6. The van der Waals surface area contributed by atoms with E-state index < -0.39 is 5.54 Å². The molecule has 0 saturated carbocycles. The van der Waals surface area contributed by atoms with Crippen LogP contribution in [-0.2, 0) is 4.79 Å². The summed E-state index contributed by atoms with van der Waals surface area (Å²) in [4.78, 5) is 14.8. The Morgan fingerprint density at radius 2 is 1.67 bits per heavy atom. The van der Waals surface area contributed by atoms with Crippen molar-refractivity contribution in [2.75, 3.05) is 26.2 Å². The molecular weight excluding hydrogens is 226 g/mol. The first-order valence-electron chi connectivity index (χ1n) is 7.14. The van der Waals surface area contributed by atoms with Crippen molar-refractivity contribution in [2.24, 2.45) is 0 Å². The summed E-state index contributed by atoms with van der Waals surface area (Å²) in [5.41, 5.74) is -0.504. The summed E-state index contributed by atoms with van der Waals surface area (Å²) >= 11 is 0. The van der Waals surface area contributed by atoms with E-state index >= 15 is 0 Å². The van der Waals surface area contributed by atoms with Crippen LogP contribution in [0.2, 0.25) is 0 Å². The molecule has 0 aromatic carbocycles. The van der Waals surface area contributed by atoms with Gasteiger partial charge in [-0.1, -0.05) is 13.8 Å². The van der Waals surface area contributed by atoms with Crippen LogP contribution in [0.25, 0.3) is 0 Å². The fraction of sp³-hybridized carbons (Fsp3) is 0.929. The zero-order valence-electron chi connectivity index (χ0n) is 12.6. The summed E-state index contributed by atoms with van der Waals surface area (Å²) in [7, 11) is 0. The molecule has 18 heavy (non-hydrogen) atoms. The number of amides is 1. The molecule has 0 aromatic rings. The molecule has 4 heteroatoms. The Labute approximate surface area is 111 Å². The lowest BCUT2D eigenvalue weighted by Gasteiger charge is -2.42. The van der Waals surface area contributed by atoms with Crippen molar-refractivity contribution in [3.05, 3.63) is 0 Å². The van der Waals surface area contributed by atoms with Gasteiger partial charge in [-0.25, -0.2) is 0 Å². The van der Waals surface area contributed by atoms with Gasteiger partial charge in [-0.05, 0) is 33.6 Å². The second-order valence-corrected chi connectivity index (χ2v) is 6.02. The molecule has 0 bridgehead atoms. The standard InChI is InChI=1S/C14H29N3O/c1-6-14(5,7-2)16-12(18)13(3,4)17-10-8-15-9-11-17/h15H,6-11H2,1-5H3,(H,16,18). The Bertz CT molecular complexity index is 279. The van der Waals surface area contributed by atoms with Gasteiger partial charge < -0.3 is 10.6 Å². The molecule has 1 saturated heterocycles. The molecule has 4 nitrogen and oxygen atoms in total. The summed E-state index contributed by atoms with van der Waals surface area (Å²) in [6, 6.07) is 0. The highest BCUT2D eigenvalue weighted by Crippen LogP contribution is 2.20. The monoisotopic (exact) mass is 255 g/mol. The normalized spacial score (nSPS) is 18.7. The Kier molecular flexibility index (Phi) is 5.17. The van der Waals surface area contributed by atoms with Crippen LogP contribution < -0.4 is 10.6 Å². The van der Waals surface area contributed by atoms with Crippen LogP contribution >= 0.6 is 0 Å². The highest BCUT2D eigenvalue weighted by molar-refractivity contribution is 5.86. The molecule has 1 aliphatic heterocycles. The van der Waals surface area contributed by atoms with E-state index in [2.05, 4.69) is 36.3 Å². The molecule has 0 spiro atoms. The van der Waals surface area contributed by atoms with Crippen molar-refractivity contribution in [1.29, 1.82) is 0 Å². The van der Waals surface area contributed by atoms with E-state index in [-0.39, 0.29) is 11.4 Å². The topological polar surface area (TPSA) is 44.4 Å². The minimum absolute atomic E-state index is 0.0810. The van der Waals surface area contributed by atoms with Crippen molar-refractivity contribution >= 4 is 5.91 Å². The number of rotatable bonds is 5. The molecule has 1 fully saturated rings. The van der Waals surface area contributed by atoms with Gasteiger partial charge in [0.2, 0.25) is 5.91 Å². The highest BCUT2D eigenvalue weighted by Gasteiger charge is 2.37. The van der Waals surface area contributed by atoms with Gasteiger partial charge in [0.1, 0.15) is 0 Å². The fourth-order valence-corrected chi connectivity index (χ4v) is 2.22. The first kappa shape index (κ1) is 15.4. The minimum atomic E-state index is -0.423. The van der Waals surface area contributed by atoms with Gasteiger partial charge in [0.05, 0.1) is 5.54 Å². The molecular formula is C14H29N3O. The smallest absolute Gasteiger partial charge is 0.240 e. The second kappa shape index (κ2) is 6.02. The predicted octanol–water partition coefficient (Wildman–Crippen LogP) is 1.37. The fourth-order valence-electron chi connectivity index (χ4n) is 2.22. The number of nitrogens with zero attached hydrogens (tertiary/aromatic N) is 1. The van der Waals surface area contributed by atoms with E-state index in [9.17, 15) is 4.79 Å². The van der Waals surface area contributed by atoms with Crippen LogP contribution in [0, 0.1) is 0 Å². The van der Waals surface area contributed by atoms with Crippen LogP contribution in [0.15, 0.2) is 0 Å². The average Bonchev–Trinajstić information content (AvgIpc) is 2.39. The number of carbonyl (C=O) groups is 1. The molecule has 0 atom stereocenters. The van der Waals surface area contributed by atoms with Crippen LogP contribution in [0.1, 0.15) is 47.5 Å². The number of piperazine rings is 1. The quantitative estimate of drug-likeness (QED) is 0.780. The molecule has 0 unspecified atom stereocenters. The van der Waals surface area contributed by atoms with Crippen LogP contribution in [0.5, 0.6) is 0 Å². The third-order valence-electron chi connectivity index (χ3n) is 4.44. The Morgan fingerprint density at radius 3 is 2.11 bits per heavy atom. The van der Waals surface area contributed by atoms with Gasteiger partial charge in [0, 0.05) is 31.7 Å². The van der Waals surface area contributed by atoms with Gasteiger partial charge in [0.15, 0.2) is 0 Å². The summed E-state index contributed by atoms with van der Waals surface area (Å²) in [6.45, 7) is 14.2. The molecule has 0 aliphatic carbocycles. The van der Waals surface area contributed by atoms with Gasteiger partial charge in [-0.2, -0.15) is 0 Å².